The fourth-order valence-electron chi connectivity index (χ4n) is 3.30. The molecule has 2 atom stereocenters. The van der Waals surface area contributed by atoms with Crippen LogP contribution >= 0.6 is 31.9 Å². The van der Waals surface area contributed by atoms with E-state index in [4.69, 9.17) is 4.74 Å². The predicted octanol–water partition coefficient (Wildman–Crippen LogP) is 6.50. The molecule has 0 bridgehead atoms. The number of hydrogen-bond donors (Lipinski definition) is 0. The first-order valence-corrected chi connectivity index (χ1v) is 9.23. The maximum Gasteiger partial charge on any atom is 0.123 e. The largest absolute Gasteiger partial charge is 0.494 e. The van der Waals surface area contributed by atoms with E-state index in [1.807, 2.05) is 6.92 Å². The molecule has 1 nitrogen and oxygen atoms in total. The Morgan fingerprint density at radius 3 is 2.75 bits per heavy atom. The summed E-state index contributed by atoms with van der Waals surface area (Å²) >= 11 is 7.57. The zero-order valence-electron chi connectivity index (χ0n) is 12.6. The van der Waals surface area contributed by atoms with Gasteiger partial charge in [-0.1, -0.05) is 58.5 Å². The van der Waals surface area contributed by atoms with Crippen LogP contribution in [0.1, 0.15) is 56.8 Å². The van der Waals surface area contributed by atoms with Crippen LogP contribution in [0.4, 0.5) is 0 Å². The molecule has 1 aliphatic rings. The van der Waals surface area contributed by atoms with Crippen molar-refractivity contribution in [3.63, 3.8) is 0 Å². The Hall–Kier alpha value is -0.0200. The Balaban J connectivity index is 2.31. The van der Waals surface area contributed by atoms with Crippen LogP contribution in [0.2, 0.25) is 0 Å². The summed E-state index contributed by atoms with van der Waals surface area (Å²) in [6.07, 6.45) is 5.31. The fourth-order valence-corrected chi connectivity index (χ4v) is 5.02. The van der Waals surface area contributed by atoms with E-state index < -0.39 is 0 Å². The van der Waals surface area contributed by atoms with Gasteiger partial charge in [0, 0.05) is 14.9 Å². The first-order valence-electron chi connectivity index (χ1n) is 7.52. The summed E-state index contributed by atoms with van der Waals surface area (Å²) in [4.78, 5) is 0.358. The molecule has 3 heteroatoms. The van der Waals surface area contributed by atoms with Crippen molar-refractivity contribution in [2.24, 2.45) is 11.3 Å². The molecule has 1 fully saturated rings. The topological polar surface area (TPSA) is 9.23 Å². The highest BCUT2D eigenvalue weighted by molar-refractivity contribution is 9.10. The van der Waals surface area contributed by atoms with E-state index in [0.717, 1.165) is 10.2 Å². The lowest BCUT2D eigenvalue weighted by Gasteiger charge is -2.41. The van der Waals surface area contributed by atoms with Crippen LogP contribution in [0.15, 0.2) is 22.7 Å². The van der Waals surface area contributed by atoms with Gasteiger partial charge in [-0.2, -0.15) is 0 Å². The molecule has 2 unspecified atom stereocenters. The molecule has 1 aromatic rings. The van der Waals surface area contributed by atoms with Gasteiger partial charge in [0.25, 0.3) is 0 Å². The molecule has 0 heterocycles. The zero-order valence-corrected chi connectivity index (χ0v) is 15.8. The highest BCUT2D eigenvalue weighted by atomic mass is 79.9. The number of benzene rings is 1. The normalized spacial score (nSPS) is 23.4. The minimum Gasteiger partial charge on any atom is -0.494 e. The third-order valence-electron chi connectivity index (χ3n) is 4.51. The number of rotatable bonds is 4. The van der Waals surface area contributed by atoms with Gasteiger partial charge in [0.05, 0.1) is 6.61 Å². The third-order valence-corrected chi connectivity index (χ3v) is 6.14. The second-order valence-corrected chi connectivity index (χ2v) is 8.26. The Morgan fingerprint density at radius 2 is 2.10 bits per heavy atom. The molecule has 112 valence electrons. The summed E-state index contributed by atoms with van der Waals surface area (Å²) in [5.41, 5.74) is 1.67. The average molecular weight is 404 g/mol. The Kier molecular flexibility index (Phi) is 5.58. The van der Waals surface area contributed by atoms with Crippen LogP contribution in [-0.4, -0.2) is 6.61 Å². The summed E-state index contributed by atoms with van der Waals surface area (Å²) in [5, 5.41) is 0. The van der Waals surface area contributed by atoms with Gasteiger partial charge in [-0.05, 0) is 49.3 Å². The molecule has 0 radical (unpaired) electrons. The number of hydrogen-bond acceptors (Lipinski definition) is 1. The van der Waals surface area contributed by atoms with E-state index in [-0.39, 0.29) is 0 Å². The molecule has 20 heavy (non-hydrogen) atoms. The van der Waals surface area contributed by atoms with Crippen molar-refractivity contribution in [1.82, 2.24) is 0 Å². The van der Waals surface area contributed by atoms with Gasteiger partial charge in [0.15, 0.2) is 0 Å². The molecule has 0 aliphatic heterocycles. The molecule has 1 saturated carbocycles. The molecule has 0 aromatic heterocycles. The van der Waals surface area contributed by atoms with E-state index >= 15 is 0 Å². The lowest BCUT2D eigenvalue weighted by Crippen LogP contribution is -2.30. The highest BCUT2D eigenvalue weighted by Gasteiger charge is 2.38. The molecule has 1 aromatic carbocycles. The number of alkyl halides is 1. The highest BCUT2D eigenvalue weighted by Crippen LogP contribution is 2.51. The predicted molar refractivity (Wildman–Crippen MR) is 92.7 cm³/mol. The van der Waals surface area contributed by atoms with Crippen molar-refractivity contribution in [1.29, 1.82) is 0 Å². The van der Waals surface area contributed by atoms with Gasteiger partial charge < -0.3 is 4.74 Å². The van der Waals surface area contributed by atoms with Crippen molar-refractivity contribution < 1.29 is 4.74 Å². The molecule has 0 amide bonds. The van der Waals surface area contributed by atoms with Crippen molar-refractivity contribution in [2.75, 3.05) is 6.61 Å². The third kappa shape index (κ3) is 3.59. The Labute approximate surface area is 139 Å². The summed E-state index contributed by atoms with van der Waals surface area (Å²) < 4.78 is 6.94. The van der Waals surface area contributed by atoms with Crippen LogP contribution in [0.3, 0.4) is 0 Å². The SMILES string of the molecule is CCOc1ccc(Br)cc1C(Br)C1CCCCC1(C)C. The van der Waals surface area contributed by atoms with E-state index in [9.17, 15) is 0 Å². The Bertz CT molecular complexity index is 456. The van der Waals surface area contributed by atoms with Gasteiger partial charge in [-0.25, -0.2) is 0 Å². The minimum atomic E-state index is 0.358. The number of halogens is 2. The first kappa shape index (κ1) is 16.4. The smallest absolute Gasteiger partial charge is 0.123 e. The lowest BCUT2D eigenvalue weighted by atomic mass is 9.66. The quantitative estimate of drug-likeness (QED) is 0.521. The molecule has 0 spiro atoms. The van der Waals surface area contributed by atoms with Crippen LogP contribution in [0.5, 0.6) is 5.75 Å². The maximum absolute atomic E-state index is 5.82. The van der Waals surface area contributed by atoms with E-state index in [1.54, 1.807) is 0 Å². The summed E-state index contributed by atoms with van der Waals surface area (Å²) in [6, 6.07) is 6.34. The molecule has 1 aliphatic carbocycles. The van der Waals surface area contributed by atoms with Gasteiger partial charge >= 0.3 is 0 Å². The van der Waals surface area contributed by atoms with Gasteiger partial charge in [0.1, 0.15) is 5.75 Å². The second-order valence-electron chi connectivity index (χ2n) is 6.36. The minimum absolute atomic E-state index is 0.358. The van der Waals surface area contributed by atoms with Crippen molar-refractivity contribution >= 4 is 31.9 Å². The molecular weight excluding hydrogens is 380 g/mol. The van der Waals surface area contributed by atoms with E-state index in [1.165, 1.54) is 31.2 Å². The van der Waals surface area contributed by atoms with E-state index in [2.05, 4.69) is 63.9 Å². The molecule has 0 saturated heterocycles. The summed E-state index contributed by atoms with van der Waals surface area (Å²) in [5.74, 6) is 1.67. The van der Waals surface area contributed by atoms with Crippen molar-refractivity contribution in [2.45, 2.75) is 51.3 Å². The standard InChI is InChI=1S/C17H24Br2O/c1-4-20-15-9-8-12(18)11-13(15)16(19)14-7-5-6-10-17(14,2)3/h8-9,11,14,16H,4-7,10H2,1-3H3. The van der Waals surface area contributed by atoms with Crippen molar-refractivity contribution in [3.8, 4) is 5.75 Å². The van der Waals surface area contributed by atoms with Gasteiger partial charge in [-0.3, -0.25) is 0 Å². The van der Waals surface area contributed by atoms with Crippen molar-refractivity contribution in [3.05, 3.63) is 28.2 Å². The Morgan fingerprint density at radius 1 is 1.35 bits per heavy atom. The van der Waals surface area contributed by atoms with E-state index in [0.29, 0.717) is 22.8 Å². The van der Waals surface area contributed by atoms with Crippen LogP contribution < -0.4 is 4.74 Å². The summed E-state index contributed by atoms with van der Waals surface area (Å²) in [7, 11) is 0. The van der Waals surface area contributed by atoms with Crippen LogP contribution in [0.25, 0.3) is 0 Å². The first-order chi connectivity index (χ1) is 9.45. The van der Waals surface area contributed by atoms with Gasteiger partial charge in [-0.15, -0.1) is 0 Å². The maximum atomic E-state index is 5.82. The lowest BCUT2D eigenvalue weighted by molar-refractivity contribution is 0.135. The zero-order chi connectivity index (χ0) is 14.8. The second kappa shape index (κ2) is 6.83. The summed E-state index contributed by atoms with van der Waals surface area (Å²) in [6.45, 7) is 7.56. The average Bonchev–Trinajstić information content (AvgIpc) is 2.40. The number of ether oxygens (including phenoxy) is 1. The monoisotopic (exact) mass is 402 g/mol. The van der Waals surface area contributed by atoms with Gasteiger partial charge in [0.2, 0.25) is 0 Å². The van der Waals surface area contributed by atoms with Crippen LogP contribution in [-0.2, 0) is 0 Å². The molecular formula is C17H24Br2O. The molecule has 0 N–H and O–H groups in total. The van der Waals surface area contributed by atoms with Crippen LogP contribution in [0, 0.1) is 11.3 Å². The fraction of sp³-hybridized carbons (Fsp3) is 0.647. The molecule has 2 rings (SSSR count).